The number of rotatable bonds is 3. The van der Waals surface area contributed by atoms with E-state index in [2.05, 4.69) is 64.2 Å². The topological polar surface area (TPSA) is 35.2 Å². The molecular weight excluding hydrogens is 439 g/mol. The van der Waals surface area contributed by atoms with Crippen molar-refractivity contribution in [1.29, 1.82) is 0 Å². The summed E-state index contributed by atoms with van der Waals surface area (Å²) in [6, 6.07) is 4.29. The molecule has 1 aromatic carbocycles. The van der Waals surface area contributed by atoms with Crippen LogP contribution in [0.4, 0.5) is 0 Å². The van der Waals surface area contributed by atoms with Gasteiger partial charge in [-0.25, -0.2) is 0 Å². The van der Waals surface area contributed by atoms with Gasteiger partial charge >= 0.3 is 0 Å². The van der Waals surface area contributed by atoms with E-state index in [1.807, 2.05) is 6.92 Å². The second kappa shape index (κ2) is 7.13. The van der Waals surface area contributed by atoms with Crippen molar-refractivity contribution in [2.24, 2.45) is 5.73 Å². The lowest BCUT2D eigenvalue weighted by molar-refractivity contribution is 0.292. The number of halogens is 3. The highest BCUT2D eigenvalue weighted by Gasteiger charge is 2.07. The molecule has 2 nitrogen and oxygen atoms in total. The van der Waals surface area contributed by atoms with Crippen LogP contribution in [0.2, 0.25) is 0 Å². The summed E-state index contributed by atoms with van der Waals surface area (Å²) in [5, 5.41) is 0. The summed E-state index contributed by atoms with van der Waals surface area (Å²) in [5.74, 6) is 0.953. The Morgan fingerprint density at radius 1 is 1.33 bits per heavy atom. The van der Waals surface area contributed by atoms with E-state index < -0.39 is 0 Å². The SMILES string of the molecule is Cc1cc(I)c(OCC(C)N)c(I)c1.Cl. The van der Waals surface area contributed by atoms with Crippen LogP contribution in [-0.2, 0) is 0 Å². The number of hydrogen-bond acceptors (Lipinski definition) is 2. The lowest BCUT2D eigenvalue weighted by atomic mass is 10.2. The van der Waals surface area contributed by atoms with Crippen molar-refractivity contribution >= 4 is 57.6 Å². The summed E-state index contributed by atoms with van der Waals surface area (Å²) in [5.41, 5.74) is 6.90. The first-order valence-electron chi connectivity index (χ1n) is 4.34. The van der Waals surface area contributed by atoms with Crippen molar-refractivity contribution in [3.05, 3.63) is 24.8 Å². The first-order valence-corrected chi connectivity index (χ1v) is 6.50. The fraction of sp³-hybridized carbons (Fsp3) is 0.400. The summed E-state index contributed by atoms with van der Waals surface area (Å²) in [7, 11) is 0. The second-order valence-electron chi connectivity index (χ2n) is 3.35. The van der Waals surface area contributed by atoms with Gasteiger partial charge in [0.2, 0.25) is 0 Å². The van der Waals surface area contributed by atoms with E-state index in [4.69, 9.17) is 10.5 Å². The standard InChI is InChI=1S/C10H13I2NO.ClH/c1-6-3-8(11)10(9(12)4-6)14-5-7(2)13;/h3-4,7H,5,13H2,1-2H3;1H. The highest BCUT2D eigenvalue weighted by atomic mass is 127. The minimum atomic E-state index is 0. The molecule has 0 amide bonds. The first-order chi connectivity index (χ1) is 6.50. The molecule has 15 heavy (non-hydrogen) atoms. The molecule has 0 aliphatic heterocycles. The molecule has 0 saturated carbocycles. The Morgan fingerprint density at radius 3 is 2.20 bits per heavy atom. The van der Waals surface area contributed by atoms with Gasteiger partial charge in [0.1, 0.15) is 12.4 Å². The van der Waals surface area contributed by atoms with Crippen molar-refractivity contribution in [1.82, 2.24) is 0 Å². The van der Waals surface area contributed by atoms with Crippen molar-refractivity contribution in [3.8, 4) is 5.75 Å². The van der Waals surface area contributed by atoms with Crippen LogP contribution in [0.5, 0.6) is 5.75 Å². The van der Waals surface area contributed by atoms with Crippen LogP contribution in [0.1, 0.15) is 12.5 Å². The van der Waals surface area contributed by atoms with E-state index in [-0.39, 0.29) is 18.4 Å². The summed E-state index contributed by atoms with van der Waals surface area (Å²) in [4.78, 5) is 0. The van der Waals surface area contributed by atoms with Gasteiger partial charge in [0.05, 0.1) is 7.14 Å². The van der Waals surface area contributed by atoms with Gasteiger partial charge in [-0.3, -0.25) is 0 Å². The molecule has 2 N–H and O–H groups in total. The third-order valence-corrected chi connectivity index (χ3v) is 3.24. The van der Waals surface area contributed by atoms with Crippen LogP contribution in [0, 0.1) is 14.1 Å². The van der Waals surface area contributed by atoms with Crippen molar-refractivity contribution in [3.63, 3.8) is 0 Å². The van der Waals surface area contributed by atoms with Gasteiger partial charge in [0.25, 0.3) is 0 Å². The zero-order valence-electron chi connectivity index (χ0n) is 8.59. The van der Waals surface area contributed by atoms with E-state index >= 15 is 0 Å². The van der Waals surface area contributed by atoms with Crippen LogP contribution in [-0.4, -0.2) is 12.6 Å². The Kier molecular flexibility index (Phi) is 7.48. The Balaban J connectivity index is 0.00000196. The molecule has 0 aliphatic carbocycles. The highest BCUT2D eigenvalue weighted by molar-refractivity contribution is 14.1. The maximum absolute atomic E-state index is 5.64. The number of nitrogens with two attached hydrogens (primary N) is 1. The summed E-state index contributed by atoms with van der Waals surface area (Å²) < 4.78 is 7.94. The molecule has 1 aromatic rings. The molecular formula is C10H14ClI2NO. The van der Waals surface area contributed by atoms with Gasteiger partial charge in [0.15, 0.2) is 0 Å². The van der Waals surface area contributed by atoms with Gasteiger partial charge < -0.3 is 10.5 Å². The lowest BCUT2D eigenvalue weighted by Gasteiger charge is -2.12. The average molecular weight is 453 g/mol. The number of ether oxygens (including phenoxy) is 1. The molecule has 0 spiro atoms. The normalized spacial score (nSPS) is 11.8. The third kappa shape index (κ3) is 5.06. The summed E-state index contributed by atoms with van der Waals surface area (Å²) in [6.07, 6.45) is 0. The molecule has 0 bridgehead atoms. The van der Waals surface area contributed by atoms with Crippen molar-refractivity contribution < 1.29 is 4.74 Å². The van der Waals surface area contributed by atoms with Crippen LogP contribution >= 0.6 is 57.6 Å². The van der Waals surface area contributed by atoms with Gasteiger partial charge in [-0.2, -0.15) is 0 Å². The molecule has 0 aromatic heterocycles. The molecule has 0 fully saturated rings. The fourth-order valence-electron chi connectivity index (χ4n) is 1.04. The van der Waals surface area contributed by atoms with Crippen LogP contribution < -0.4 is 10.5 Å². The number of aryl methyl sites for hydroxylation is 1. The van der Waals surface area contributed by atoms with Crippen LogP contribution in [0.15, 0.2) is 12.1 Å². The largest absolute Gasteiger partial charge is 0.490 e. The number of hydrogen-bond donors (Lipinski definition) is 1. The highest BCUT2D eigenvalue weighted by Crippen LogP contribution is 2.28. The minimum absolute atomic E-state index is 0. The van der Waals surface area contributed by atoms with Gasteiger partial charge in [-0.15, -0.1) is 12.4 Å². The molecule has 1 unspecified atom stereocenters. The smallest absolute Gasteiger partial charge is 0.146 e. The van der Waals surface area contributed by atoms with E-state index in [1.165, 1.54) is 5.56 Å². The predicted octanol–water partition coefficient (Wildman–Crippen LogP) is 3.35. The number of benzene rings is 1. The zero-order chi connectivity index (χ0) is 10.7. The molecule has 1 rings (SSSR count). The quantitative estimate of drug-likeness (QED) is 0.713. The second-order valence-corrected chi connectivity index (χ2v) is 5.67. The Morgan fingerprint density at radius 2 is 1.80 bits per heavy atom. The molecule has 86 valence electrons. The zero-order valence-corrected chi connectivity index (χ0v) is 13.7. The Labute approximate surface area is 124 Å². The fourth-order valence-corrected chi connectivity index (χ4v) is 3.43. The van der Waals surface area contributed by atoms with Gasteiger partial charge in [-0.05, 0) is 76.7 Å². The molecule has 0 aliphatic rings. The van der Waals surface area contributed by atoms with Crippen LogP contribution in [0.3, 0.4) is 0 Å². The average Bonchev–Trinajstić information content (AvgIpc) is 2.01. The minimum Gasteiger partial charge on any atom is -0.490 e. The van der Waals surface area contributed by atoms with E-state index in [1.54, 1.807) is 0 Å². The first kappa shape index (κ1) is 15.7. The Hall–Kier alpha value is 0.730. The van der Waals surface area contributed by atoms with Crippen molar-refractivity contribution in [2.45, 2.75) is 19.9 Å². The van der Waals surface area contributed by atoms with Gasteiger partial charge in [-0.1, -0.05) is 0 Å². The molecule has 0 radical (unpaired) electrons. The van der Waals surface area contributed by atoms with E-state index in [0.717, 1.165) is 12.9 Å². The van der Waals surface area contributed by atoms with Crippen molar-refractivity contribution in [2.75, 3.05) is 6.61 Å². The third-order valence-electron chi connectivity index (χ3n) is 1.63. The maximum Gasteiger partial charge on any atom is 0.146 e. The monoisotopic (exact) mass is 453 g/mol. The van der Waals surface area contributed by atoms with Crippen LogP contribution in [0.25, 0.3) is 0 Å². The molecule has 0 saturated heterocycles. The molecule has 5 heteroatoms. The van der Waals surface area contributed by atoms with Gasteiger partial charge in [0, 0.05) is 6.04 Å². The predicted molar refractivity (Wildman–Crippen MR) is 83.0 cm³/mol. The molecule has 1 atom stereocenters. The summed E-state index contributed by atoms with van der Waals surface area (Å²) >= 11 is 4.58. The summed E-state index contributed by atoms with van der Waals surface area (Å²) in [6.45, 7) is 4.59. The van der Waals surface area contributed by atoms with E-state index in [0.29, 0.717) is 6.61 Å². The lowest BCUT2D eigenvalue weighted by Crippen LogP contribution is -2.24. The van der Waals surface area contributed by atoms with E-state index in [9.17, 15) is 0 Å². The molecule has 0 heterocycles. The Bertz CT molecular complexity index is 308. The maximum atomic E-state index is 5.64.